The number of nitrogens with zero attached hydrogens (tertiary/aromatic N) is 3. The summed E-state index contributed by atoms with van der Waals surface area (Å²) in [5, 5.41) is 25.5. The summed E-state index contributed by atoms with van der Waals surface area (Å²) >= 11 is 0. The predicted molar refractivity (Wildman–Crippen MR) is 207 cm³/mol. The van der Waals surface area contributed by atoms with Gasteiger partial charge in [-0.1, -0.05) is 13.8 Å². The van der Waals surface area contributed by atoms with Crippen molar-refractivity contribution in [3.63, 3.8) is 0 Å². The van der Waals surface area contributed by atoms with Gasteiger partial charge in [0.05, 0.1) is 80.5 Å². The Balaban J connectivity index is 1.18. The Hall–Kier alpha value is -4.49. The van der Waals surface area contributed by atoms with Gasteiger partial charge >= 0.3 is 5.97 Å². The highest BCUT2D eigenvalue weighted by Gasteiger charge is 2.41. The monoisotopic (exact) mass is 740 g/mol. The van der Waals surface area contributed by atoms with E-state index in [1.54, 1.807) is 0 Å². The number of ether oxygens (including phenoxy) is 4. The number of fused-ring (bicyclic) bond motifs is 5. The first-order valence-corrected chi connectivity index (χ1v) is 19.0. The molecule has 6 aliphatic rings. The van der Waals surface area contributed by atoms with Crippen molar-refractivity contribution >= 4 is 28.9 Å². The zero-order chi connectivity index (χ0) is 38.5. The molecule has 6 rings (SSSR count). The van der Waals surface area contributed by atoms with Gasteiger partial charge in [0.15, 0.2) is 0 Å². The summed E-state index contributed by atoms with van der Waals surface area (Å²) in [6, 6.07) is 0. The molecule has 0 spiro atoms. The average molecular weight is 741 g/mol. The van der Waals surface area contributed by atoms with Gasteiger partial charge in [-0.15, -0.1) is 0 Å². The predicted octanol–water partition coefficient (Wildman–Crippen LogP) is 6.00. The molecule has 0 aromatic carbocycles. The molecule has 0 aromatic heterocycles. The van der Waals surface area contributed by atoms with Crippen molar-refractivity contribution in [2.24, 2.45) is 26.8 Å². The van der Waals surface area contributed by atoms with E-state index in [2.05, 4.69) is 26.1 Å². The summed E-state index contributed by atoms with van der Waals surface area (Å²) < 4.78 is 21.9. The lowest BCUT2D eigenvalue weighted by molar-refractivity contribution is -0.145. The minimum absolute atomic E-state index is 0.0125. The van der Waals surface area contributed by atoms with Crippen LogP contribution in [0.15, 0.2) is 106 Å². The molecule has 0 saturated carbocycles. The van der Waals surface area contributed by atoms with Crippen LogP contribution in [0.5, 0.6) is 0 Å². The Morgan fingerprint density at radius 3 is 2.13 bits per heavy atom. The highest BCUT2D eigenvalue weighted by Crippen LogP contribution is 2.46. The molecule has 288 valence electrons. The van der Waals surface area contributed by atoms with E-state index in [4.69, 9.17) is 33.9 Å². The van der Waals surface area contributed by atoms with E-state index in [-0.39, 0.29) is 55.6 Å². The number of aliphatic imine (C=N–C) groups is 3. The molecule has 0 aromatic rings. The number of ketones is 1. The van der Waals surface area contributed by atoms with Gasteiger partial charge in [0.1, 0.15) is 18.1 Å². The van der Waals surface area contributed by atoms with E-state index in [9.17, 15) is 19.8 Å². The van der Waals surface area contributed by atoms with Gasteiger partial charge < -0.3 is 34.5 Å². The van der Waals surface area contributed by atoms with Gasteiger partial charge in [0, 0.05) is 59.2 Å². The summed E-state index contributed by atoms with van der Waals surface area (Å²) in [7, 11) is 0. The Labute approximate surface area is 317 Å². The number of hydrogen-bond donors (Lipinski definition) is 3. The summed E-state index contributed by atoms with van der Waals surface area (Å²) in [6.45, 7) is 14.1. The number of carbonyl (C=O) groups is 2. The molecular weight excluding hydrogens is 688 g/mol. The third kappa shape index (κ3) is 8.27. The number of allylic oxidation sites excluding steroid dienone is 11. The third-order valence-electron chi connectivity index (χ3n) is 10.8. The van der Waals surface area contributed by atoms with E-state index in [1.807, 2.05) is 32.1 Å². The fraction of sp³-hybridized carbons (Fsp3) is 0.500. The highest BCUT2D eigenvalue weighted by atomic mass is 16.6. The lowest BCUT2D eigenvalue weighted by Gasteiger charge is -2.17. The zero-order valence-electron chi connectivity index (χ0n) is 32.3. The van der Waals surface area contributed by atoms with Crippen LogP contribution < -0.4 is 5.32 Å². The van der Waals surface area contributed by atoms with Crippen molar-refractivity contribution in [2.45, 2.75) is 73.6 Å². The van der Waals surface area contributed by atoms with Gasteiger partial charge in [0.2, 0.25) is 0 Å². The van der Waals surface area contributed by atoms with Crippen LogP contribution in [0.1, 0.15) is 73.6 Å². The van der Waals surface area contributed by atoms with Crippen molar-refractivity contribution in [3.05, 3.63) is 91.5 Å². The lowest BCUT2D eigenvalue weighted by atomic mass is 9.86. The normalized spacial score (nSPS) is 21.8. The fourth-order valence-electron chi connectivity index (χ4n) is 7.68. The molecule has 0 radical (unpaired) electrons. The first-order valence-electron chi connectivity index (χ1n) is 19.0. The van der Waals surface area contributed by atoms with Crippen LogP contribution in [-0.2, 0) is 28.5 Å². The first kappa shape index (κ1) is 39.2. The molecule has 2 atom stereocenters. The minimum Gasteiger partial charge on any atom is -0.511 e. The second kappa shape index (κ2) is 17.3. The SMILES string of the molecule is CCC1=C(C)C2=NC1=CC1=C(C)C3=C(O)CC(=C4NC(=CC5=NC(=C2)C(CO)=C5C)[C@@H](C)[C@@H]4CCC(=O)OCCOCCOCCOCCC(C)=O)C3=N1. The van der Waals surface area contributed by atoms with Crippen molar-refractivity contribution in [2.75, 3.05) is 52.9 Å². The van der Waals surface area contributed by atoms with Crippen molar-refractivity contribution in [3.8, 4) is 0 Å². The molecular formula is C42H52N4O8. The van der Waals surface area contributed by atoms with E-state index < -0.39 is 0 Å². The second-order valence-electron chi connectivity index (χ2n) is 14.3. The maximum absolute atomic E-state index is 13.0. The summed E-state index contributed by atoms with van der Waals surface area (Å²) in [5.74, 6) is -0.0186. The molecule has 12 heteroatoms. The minimum atomic E-state index is -0.310. The van der Waals surface area contributed by atoms with Crippen LogP contribution in [-0.4, -0.2) is 92.0 Å². The average Bonchev–Trinajstić information content (AvgIpc) is 3.89. The number of aliphatic hydroxyl groups excluding tert-OH is 2. The number of aliphatic hydroxyl groups is 2. The Morgan fingerprint density at radius 2 is 1.46 bits per heavy atom. The smallest absolute Gasteiger partial charge is 0.305 e. The number of carbonyl (C=O) groups excluding carboxylic acids is 2. The summed E-state index contributed by atoms with van der Waals surface area (Å²) in [4.78, 5) is 39.1. The van der Waals surface area contributed by atoms with E-state index >= 15 is 0 Å². The molecule has 8 bridgehead atoms. The number of rotatable bonds is 17. The molecule has 1 fully saturated rings. The van der Waals surface area contributed by atoms with Gasteiger partial charge in [-0.05, 0) is 81.1 Å². The molecule has 3 N–H and O–H groups in total. The molecule has 5 heterocycles. The van der Waals surface area contributed by atoms with Gasteiger partial charge in [-0.25, -0.2) is 15.0 Å². The Kier molecular flexibility index (Phi) is 12.6. The van der Waals surface area contributed by atoms with Gasteiger partial charge in [-0.3, -0.25) is 9.59 Å². The zero-order valence-corrected chi connectivity index (χ0v) is 32.3. The standard InChI is InChI=1S/C42H52N4O8/c1-7-28-24(3)33-20-37-31(22-47)26(5)32(44-37)19-34-25(4)29(8-9-39(50)54-17-16-53-15-14-52-13-12-51-11-10-23(2)48)41(45-34)30-18-38(49)40-27(6)35(46-42(30)40)21-36(28)43-33/h19-21,25,29,45,47,49H,7-18,22H2,1-6H3/t25-,29-/m0/s1. The van der Waals surface area contributed by atoms with Crippen LogP contribution in [0.2, 0.25) is 0 Å². The molecule has 0 unspecified atom stereocenters. The molecule has 5 aliphatic heterocycles. The first-order chi connectivity index (χ1) is 26.0. The third-order valence-corrected chi connectivity index (χ3v) is 10.8. The molecule has 12 nitrogen and oxygen atoms in total. The van der Waals surface area contributed by atoms with Crippen molar-refractivity contribution in [1.29, 1.82) is 0 Å². The van der Waals surface area contributed by atoms with Crippen LogP contribution in [0, 0.1) is 11.8 Å². The number of Topliss-reactive ketones (excluding diaryl/α,β-unsaturated/α-hetero) is 1. The largest absolute Gasteiger partial charge is 0.511 e. The quantitative estimate of drug-likeness (QED) is 0.120. The van der Waals surface area contributed by atoms with Gasteiger partial charge in [-0.2, -0.15) is 0 Å². The maximum atomic E-state index is 13.0. The fourth-order valence-corrected chi connectivity index (χ4v) is 7.68. The summed E-state index contributed by atoms with van der Waals surface area (Å²) in [5.41, 5.74) is 13.0. The van der Waals surface area contributed by atoms with E-state index in [1.165, 1.54) is 6.92 Å². The van der Waals surface area contributed by atoms with Crippen molar-refractivity contribution in [1.82, 2.24) is 5.32 Å². The van der Waals surface area contributed by atoms with Crippen LogP contribution >= 0.6 is 0 Å². The highest BCUT2D eigenvalue weighted by molar-refractivity contribution is 6.21. The molecule has 1 aliphatic carbocycles. The molecule has 54 heavy (non-hydrogen) atoms. The number of hydrogen-bond acceptors (Lipinski definition) is 12. The molecule has 1 saturated heterocycles. The van der Waals surface area contributed by atoms with E-state index in [0.29, 0.717) is 58.0 Å². The van der Waals surface area contributed by atoms with Crippen LogP contribution in [0.4, 0.5) is 0 Å². The Bertz CT molecular complexity index is 1950. The number of esters is 1. The molecule has 0 amide bonds. The Morgan fingerprint density at radius 1 is 0.833 bits per heavy atom. The topological polar surface area (TPSA) is 161 Å². The second-order valence-corrected chi connectivity index (χ2v) is 14.3. The van der Waals surface area contributed by atoms with Crippen LogP contribution in [0.25, 0.3) is 0 Å². The maximum Gasteiger partial charge on any atom is 0.305 e. The van der Waals surface area contributed by atoms with Gasteiger partial charge in [0.25, 0.3) is 0 Å². The lowest BCUT2D eigenvalue weighted by Crippen LogP contribution is -2.17. The number of nitrogens with one attached hydrogen (secondary N) is 1. The summed E-state index contributed by atoms with van der Waals surface area (Å²) in [6.07, 6.45) is 8.27. The van der Waals surface area contributed by atoms with Crippen molar-refractivity contribution < 1.29 is 38.7 Å². The van der Waals surface area contributed by atoms with Crippen LogP contribution in [0.3, 0.4) is 0 Å². The van der Waals surface area contributed by atoms with E-state index in [0.717, 1.165) is 85.4 Å².